The summed E-state index contributed by atoms with van der Waals surface area (Å²) < 4.78 is 40.5. The molecule has 4 aromatic rings. The summed E-state index contributed by atoms with van der Waals surface area (Å²) in [4.78, 5) is 26.6. The molecule has 4 heterocycles. The van der Waals surface area contributed by atoms with Gasteiger partial charge in [0, 0.05) is 36.2 Å². The van der Waals surface area contributed by atoms with Gasteiger partial charge >= 0.3 is 6.18 Å². The first-order valence-electron chi connectivity index (χ1n) is 11.2. The fourth-order valence-corrected chi connectivity index (χ4v) is 5.05. The normalized spacial score (nSPS) is 19.9. The van der Waals surface area contributed by atoms with Crippen LogP contribution in [0.15, 0.2) is 30.5 Å². The minimum absolute atomic E-state index is 0.127. The Labute approximate surface area is 191 Å². The van der Waals surface area contributed by atoms with Crippen LogP contribution in [0.5, 0.6) is 0 Å². The molecule has 0 radical (unpaired) electrons. The van der Waals surface area contributed by atoms with Gasteiger partial charge in [-0.05, 0) is 43.9 Å². The number of amides is 1. The average molecular weight is 469 g/mol. The maximum atomic E-state index is 13.5. The number of fused-ring (bicyclic) bond motifs is 3. The number of nitrogens with two attached hydrogens (primary N) is 1. The number of aromatic nitrogens is 5. The van der Waals surface area contributed by atoms with E-state index >= 15 is 0 Å². The molecule has 1 saturated carbocycles. The number of H-pyrrole nitrogens is 2. The molecule has 0 spiro atoms. The van der Waals surface area contributed by atoms with Crippen molar-refractivity contribution in [1.82, 2.24) is 30.0 Å². The Morgan fingerprint density at radius 3 is 2.76 bits per heavy atom. The monoisotopic (exact) mass is 469 g/mol. The summed E-state index contributed by atoms with van der Waals surface area (Å²) in [5, 5.41) is 7.81. The van der Waals surface area contributed by atoms with E-state index in [1.165, 1.54) is 4.90 Å². The number of halogens is 3. The van der Waals surface area contributed by atoms with Crippen molar-refractivity contribution in [2.24, 2.45) is 5.41 Å². The third-order valence-electron chi connectivity index (χ3n) is 7.07. The number of hydrogen-bond donors (Lipinski definition) is 3. The van der Waals surface area contributed by atoms with E-state index in [9.17, 15) is 18.0 Å². The predicted octanol–water partition coefficient (Wildman–Crippen LogP) is 3.96. The smallest absolute Gasteiger partial charge is 0.382 e. The van der Waals surface area contributed by atoms with E-state index < -0.39 is 17.5 Å². The number of nitrogens with zero attached hydrogens (tertiary/aromatic N) is 4. The molecule has 1 amide bonds. The number of alkyl halides is 3. The molecule has 0 bridgehead atoms. The molecule has 176 valence electrons. The van der Waals surface area contributed by atoms with Gasteiger partial charge in [0.2, 0.25) is 5.91 Å². The second kappa shape index (κ2) is 7.18. The van der Waals surface area contributed by atoms with Gasteiger partial charge in [-0.15, -0.1) is 0 Å². The molecule has 1 saturated heterocycles. The fourth-order valence-electron chi connectivity index (χ4n) is 5.05. The average Bonchev–Trinajstić information content (AvgIpc) is 3.15. The zero-order chi connectivity index (χ0) is 23.7. The minimum atomic E-state index is -4.51. The van der Waals surface area contributed by atoms with E-state index in [-0.39, 0.29) is 24.7 Å². The van der Waals surface area contributed by atoms with Gasteiger partial charge in [0.15, 0.2) is 5.82 Å². The van der Waals surface area contributed by atoms with Crippen molar-refractivity contribution < 1.29 is 18.0 Å². The van der Waals surface area contributed by atoms with Crippen molar-refractivity contribution in [3.8, 4) is 11.3 Å². The van der Waals surface area contributed by atoms with Gasteiger partial charge in [-0.2, -0.15) is 18.3 Å². The van der Waals surface area contributed by atoms with Crippen molar-refractivity contribution in [2.75, 3.05) is 12.3 Å². The highest BCUT2D eigenvalue weighted by molar-refractivity contribution is 6.07. The zero-order valence-corrected chi connectivity index (χ0v) is 18.1. The van der Waals surface area contributed by atoms with E-state index in [2.05, 4.69) is 25.1 Å². The Hall–Kier alpha value is -3.63. The number of anilines is 1. The fraction of sp³-hybridized carbons (Fsp3) is 0.391. The quantitative estimate of drug-likeness (QED) is 0.418. The summed E-state index contributed by atoms with van der Waals surface area (Å²) >= 11 is 0. The van der Waals surface area contributed by atoms with Crippen LogP contribution in [0.25, 0.3) is 33.2 Å². The largest absolute Gasteiger partial charge is 0.403 e. The van der Waals surface area contributed by atoms with Gasteiger partial charge in [0.25, 0.3) is 0 Å². The van der Waals surface area contributed by atoms with Crippen LogP contribution in [0.1, 0.15) is 31.5 Å². The number of rotatable bonds is 4. The highest BCUT2D eigenvalue weighted by atomic mass is 19.4. The van der Waals surface area contributed by atoms with Crippen molar-refractivity contribution in [1.29, 1.82) is 0 Å². The molecule has 1 aromatic carbocycles. The highest BCUT2D eigenvalue weighted by Crippen LogP contribution is 2.59. The summed E-state index contributed by atoms with van der Waals surface area (Å²) in [6, 6.07) is 7.27. The predicted molar refractivity (Wildman–Crippen MR) is 120 cm³/mol. The van der Waals surface area contributed by atoms with E-state index in [1.807, 2.05) is 24.3 Å². The van der Waals surface area contributed by atoms with Gasteiger partial charge in [-0.3, -0.25) is 9.89 Å². The number of imidazole rings is 1. The zero-order valence-electron chi connectivity index (χ0n) is 18.1. The summed E-state index contributed by atoms with van der Waals surface area (Å²) in [5.41, 5.74) is 7.58. The number of benzene rings is 1. The van der Waals surface area contributed by atoms with Crippen LogP contribution in [0.2, 0.25) is 0 Å². The molecule has 11 heteroatoms. The standard InChI is InChI=1S/C23H22F3N7O/c24-23(25,26)22(6-7-22)21(34)33-9-1-2-13(33)11-17-30-18-14-4-3-12(15-5-8-28-32-15)10-16(14)29-20(27)19(18)31-17/h3-5,8,10,13H,1-2,6-7,9,11H2,(H2,27,29)(H,28,32)(H,30,31)/t13-/m0/s1. The highest BCUT2D eigenvalue weighted by Gasteiger charge is 2.69. The first kappa shape index (κ1) is 20.9. The number of hydrogen-bond acceptors (Lipinski definition) is 5. The molecule has 2 fully saturated rings. The second-order valence-electron chi connectivity index (χ2n) is 9.17. The first-order chi connectivity index (χ1) is 16.3. The first-order valence-corrected chi connectivity index (χ1v) is 11.2. The lowest BCUT2D eigenvalue weighted by atomic mass is 10.0. The van der Waals surface area contributed by atoms with E-state index in [0.717, 1.165) is 22.2 Å². The Morgan fingerprint density at radius 2 is 2.06 bits per heavy atom. The molecule has 1 atom stereocenters. The lowest BCUT2D eigenvalue weighted by molar-refractivity contribution is -0.199. The molecular weight excluding hydrogens is 447 g/mol. The van der Waals surface area contributed by atoms with Crippen LogP contribution in [-0.4, -0.2) is 54.7 Å². The summed E-state index contributed by atoms with van der Waals surface area (Å²) in [7, 11) is 0. The molecule has 1 aliphatic carbocycles. The van der Waals surface area contributed by atoms with Crippen LogP contribution >= 0.6 is 0 Å². The van der Waals surface area contributed by atoms with Crippen molar-refractivity contribution in [2.45, 2.75) is 44.3 Å². The van der Waals surface area contributed by atoms with Gasteiger partial charge < -0.3 is 15.6 Å². The van der Waals surface area contributed by atoms with Crippen molar-refractivity contribution >= 4 is 33.7 Å². The molecule has 8 nitrogen and oxygen atoms in total. The molecule has 3 aromatic heterocycles. The molecule has 34 heavy (non-hydrogen) atoms. The second-order valence-corrected chi connectivity index (χ2v) is 9.17. The third kappa shape index (κ3) is 3.13. The summed E-state index contributed by atoms with van der Waals surface area (Å²) in [5.74, 6) is 0.0441. The number of carbonyl (C=O) groups excluding carboxylic acids is 1. The third-order valence-corrected chi connectivity index (χ3v) is 7.07. The molecule has 1 aliphatic heterocycles. The Bertz CT molecular complexity index is 1410. The van der Waals surface area contributed by atoms with Crippen LogP contribution in [0.3, 0.4) is 0 Å². The van der Waals surface area contributed by atoms with E-state index in [1.54, 1.807) is 6.20 Å². The van der Waals surface area contributed by atoms with Gasteiger partial charge in [0.1, 0.15) is 16.8 Å². The number of carbonyl (C=O) groups is 1. The lowest BCUT2D eigenvalue weighted by Gasteiger charge is -2.29. The summed E-state index contributed by atoms with van der Waals surface area (Å²) in [6.45, 7) is 0.337. The molecule has 6 rings (SSSR count). The van der Waals surface area contributed by atoms with Gasteiger partial charge in [0.05, 0.1) is 16.7 Å². The maximum absolute atomic E-state index is 13.5. The minimum Gasteiger partial charge on any atom is -0.382 e. The number of likely N-dealkylation sites (tertiary alicyclic amines) is 1. The Kier molecular flexibility index (Phi) is 4.42. The van der Waals surface area contributed by atoms with Crippen LogP contribution in [0, 0.1) is 5.41 Å². The number of nitrogen functional groups attached to an aromatic ring is 1. The SMILES string of the molecule is Nc1nc2cc(-c3cc[nH]n3)ccc2c2[nH]c(C[C@@H]3CCCN3C(=O)C3(C(F)(F)F)CC3)nc12. The van der Waals surface area contributed by atoms with Gasteiger partial charge in [-0.1, -0.05) is 6.07 Å². The topological polar surface area (TPSA) is 117 Å². The van der Waals surface area contributed by atoms with Crippen molar-refractivity contribution in [3.63, 3.8) is 0 Å². The van der Waals surface area contributed by atoms with Crippen LogP contribution in [0.4, 0.5) is 19.0 Å². The number of pyridine rings is 1. The van der Waals surface area contributed by atoms with E-state index in [0.29, 0.717) is 42.7 Å². The maximum Gasteiger partial charge on any atom is 0.403 e. The van der Waals surface area contributed by atoms with Crippen LogP contribution < -0.4 is 5.73 Å². The molecule has 0 unspecified atom stereocenters. The number of nitrogens with one attached hydrogen (secondary N) is 2. The van der Waals surface area contributed by atoms with Crippen molar-refractivity contribution in [3.05, 3.63) is 36.3 Å². The molecule has 2 aliphatic rings. The molecular formula is C23H22F3N7O. The van der Waals surface area contributed by atoms with Crippen LogP contribution in [-0.2, 0) is 11.2 Å². The van der Waals surface area contributed by atoms with E-state index in [4.69, 9.17) is 5.73 Å². The molecule has 4 N–H and O–H groups in total. The van der Waals surface area contributed by atoms with Gasteiger partial charge in [-0.25, -0.2) is 9.97 Å². The Morgan fingerprint density at radius 1 is 1.24 bits per heavy atom. The summed E-state index contributed by atoms with van der Waals surface area (Å²) in [6.07, 6.45) is -1.38. The lowest BCUT2D eigenvalue weighted by Crippen LogP contribution is -2.46. The number of aromatic amines is 2. The Balaban J connectivity index is 1.32.